The molecule has 0 aliphatic rings. The summed E-state index contributed by atoms with van der Waals surface area (Å²) < 4.78 is 2.10. The van der Waals surface area contributed by atoms with Gasteiger partial charge in [0.2, 0.25) is 0 Å². The molecule has 2 heterocycles. The van der Waals surface area contributed by atoms with Crippen LogP contribution in [0.25, 0.3) is 0 Å². The zero-order valence-electron chi connectivity index (χ0n) is 11.4. The van der Waals surface area contributed by atoms with Gasteiger partial charge in [0.05, 0.1) is 22.9 Å². The second kappa shape index (κ2) is 6.14. The molecule has 0 atom stereocenters. The van der Waals surface area contributed by atoms with E-state index in [1.807, 2.05) is 0 Å². The van der Waals surface area contributed by atoms with Crippen molar-refractivity contribution in [2.45, 2.75) is 53.0 Å². The Hall–Kier alpha value is -1.16. The largest absolute Gasteiger partial charge is 0.263 e. The summed E-state index contributed by atoms with van der Waals surface area (Å²) in [6.45, 7) is 7.32. The van der Waals surface area contributed by atoms with Crippen LogP contribution in [-0.4, -0.2) is 14.8 Å². The average Bonchev–Trinajstić information content (AvgIpc) is 2.97. The van der Waals surface area contributed by atoms with Gasteiger partial charge in [0.1, 0.15) is 0 Å². The Morgan fingerprint density at radius 2 is 2.00 bits per heavy atom. The molecule has 2 aromatic heterocycles. The molecule has 0 saturated carbocycles. The van der Waals surface area contributed by atoms with Gasteiger partial charge in [0.15, 0.2) is 0 Å². The van der Waals surface area contributed by atoms with Crippen molar-refractivity contribution in [1.29, 1.82) is 0 Å². The molecule has 18 heavy (non-hydrogen) atoms. The van der Waals surface area contributed by atoms with Gasteiger partial charge in [0, 0.05) is 11.1 Å². The highest BCUT2D eigenvalue weighted by molar-refractivity contribution is 7.09. The van der Waals surface area contributed by atoms with Crippen LogP contribution >= 0.6 is 11.3 Å². The Bertz CT molecular complexity index is 499. The van der Waals surface area contributed by atoms with E-state index in [1.54, 1.807) is 11.3 Å². The van der Waals surface area contributed by atoms with E-state index >= 15 is 0 Å². The zero-order chi connectivity index (χ0) is 13.0. The molecule has 0 aliphatic carbocycles. The maximum Gasteiger partial charge on any atom is 0.0928 e. The van der Waals surface area contributed by atoms with Crippen LogP contribution in [-0.2, 0) is 25.8 Å². The first-order valence-electron chi connectivity index (χ1n) is 6.75. The van der Waals surface area contributed by atoms with Crippen molar-refractivity contribution in [3.05, 3.63) is 33.5 Å². The highest BCUT2D eigenvalue weighted by Gasteiger charge is 2.08. The molecule has 0 unspecified atom stereocenters. The Morgan fingerprint density at radius 3 is 2.67 bits per heavy atom. The summed E-state index contributed by atoms with van der Waals surface area (Å²) in [5.74, 6) is 0. The minimum atomic E-state index is 0.809. The zero-order valence-corrected chi connectivity index (χ0v) is 12.3. The number of thiazole rings is 1. The average molecular weight is 263 g/mol. The lowest BCUT2D eigenvalue weighted by molar-refractivity contribution is 0.630. The minimum absolute atomic E-state index is 0.809. The maximum atomic E-state index is 4.66. The summed E-state index contributed by atoms with van der Waals surface area (Å²) in [4.78, 5) is 4.66. The number of aryl methyl sites for hydroxylation is 3. The molecule has 0 aromatic carbocycles. The summed E-state index contributed by atoms with van der Waals surface area (Å²) in [6, 6.07) is 2.21. The van der Waals surface area contributed by atoms with E-state index < -0.39 is 0 Å². The number of hydrogen-bond donors (Lipinski definition) is 0. The van der Waals surface area contributed by atoms with E-state index in [0.29, 0.717) is 0 Å². The molecule has 0 spiro atoms. The van der Waals surface area contributed by atoms with Crippen LogP contribution in [0.2, 0.25) is 0 Å². The second-order valence-corrected chi connectivity index (χ2v) is 5.42. The van der Waals surface area contributed by atoms with Gasteiger partial charge in [-0.1, -0.05) is 20.8 Å². The van der Waals surface area contributed by atoms with Crippen molar-refractivity contribution in [2.24, 2.45) is 0 Å². The second-order valence-electron chi connectivity index (χ2n) is 4.47. The van der Waals surface area contributed by atoms with E-state index in [2.05, 4.69) is 47.0 Å². The van der Waals surface area contributed by atoms with Crippen LogP contribution in [0, 0.1) is 0 Å². The van der Waals surface area contributed by atoms with Crippen LogP contribution in [0.5, 0.6) is 0 Å². The van der Waals surface area contributed by atoms with Crippen molar-refractivity contribution in [2.75, 3.05) is 0 Å². The Balaban J connectivity index is 2.14. The lowest BCUT2D eigenvalue weighted by atomic mass is 10.2. The van der Waals surface area contributed by atoms with Gasteiger partial charge in [-0.3, -0.25) is 4.68 Å². The first-order chi connectivity index (χ1) is 8.76. The molecule has 0 N–H and O–H groups in total. The van der Waals surface area contributed by atoms with Crippen molar-refractivity contribution in [1.82, 2.24) is 14.8 Å². The summed E-state index contributed by atoms with van der Waals surface area (Å²) >= 11 is 1.77. The molecule has 0 fully saturated rings. The molecule has 3 nitrogen and oxygen atoms in total. The van der Waals surface area contributed by atoms with Gasteiger partial charge < -0.3 is 0 Å². The molecule has 0 radical (unpaired) electrons. The minimum Gasteiger partial charge on any atom is -0.263 e. The molecule has 2 aromatic rings. The number of hydrogen-bond acceptors (Lipinski definition) is 3. The topological polar surface area (TPSA) is 30.7 Å². The third kappa shape index (κ3) is 2.99. The lowest BCUT2D eigenvalue weighted by Crippen LogP contribution is -2.06. The maximum absolute atomic E-state index is 4.66. The van der Waals surface area contributed by atoms with E-state index in [4.69, 9.17) is 0 Å². The number of nitrogens with zero attached hydrogens (tertiary/aromatic N) is 3. The normalized spacial score (nSPS) is 11.1. The van der Waals surface area contributed by atoms with Gasteiger partial charge in [-0.15, -0.1) is 11.3 Å². The van der Waals surface area contributed by atoms with E-state index in [1.165, 1.54) is 16.4 Å². The standard InChI is InChI=1S/C14H21N3S/c1-4-7-14-15-12(10-18-14)9-17-13(6-3)8-11(5-2)16-17/h8,10H,4-7,9H2,1-3H3. The summed E-state index contributed by atoms with van der Waals surface area (Å²) in [5, 5.41) is 8.04. The number of aromatic nitrogens is 3. The van der Waals surface area contributed by atoms with E-state index in [0.717, 1.165) is 37.9 Å². The van der Waals surface area contributed by atoms with Gasteiger partial charge in [-0.05, 0) is 31.7 Å². The fraction of sp³-hybridized carbons (Fsp3) is 0.571. The van der Waals surface area contributed by atoms with Gasteiger partial charge in [-0.2, -0.15) is 5.10 Å². The summed E-state index contributed by atoms with van der Waals surface area (Å²) in [5.41, 5.74) is 3.62. The monoisotopic (exact) mass is 263 g/mol. The molecule has 98 valence electrons. The predicted molar refractivity (Wildman–Crippen MR) is 76.2 cm³/mol. The van der Waals surface area contributed by atoms with Crippen LogP contribution in [0.3, 0.4) is 0 Å². The van der Waals surface area contributed by atoms with Crippen LogP contribution in [0.4, 0.5) is 0 Å². The van der Waals surface area contributed by atoms with E-state index in [9.17, 15) is 0 Å². The third-order valence-electron chi connectivity index (χ3n) is 3.01. The quantitative estimate of drug-likeness (QED) is 0.799. The van der Waals surface area contributed by atoms with Crippen LogP contribution < -0.4 is 0 Å². The van der Waals surface area contributed by atoms with Crippen molar-refractivity contribution < 1.29 is 0 Å². The van der Waals surface area contributed by atoms with Crippen LogP contribution in [0.1, 0.15) is 49.3 Å². The predicted octanol–water partition coefficient (Wildman–Crippen LogP) is 3.47. The summed E-state index contributed by atoms with van der Waals surface area (Å²) in [7, 11) is 0. The molecular formula is C14H21N3S. The molecule has 2 rings (SSSR count). The van der Waals surface area contributed by atoms with E-state index in [-0.39, 0.29) is 0 Å². The van der Waals surface area contributed by atoms with Gasteiger partial charge >= 0.3 is 0 Å². The first kappa shape index (κ1) is 13.3. The Labute approximate surface area is 113 Å². The molecule has 0 amide bonds. The first-order valence-corrected chi connectivity index (χ1v) is 7.63. The smallest absolute Gasteiger partial charge is 0.0928 e. The molecule has 0 saturated heterocycles. The van der Waals surface area contributed by atoms with Gasteiger partial charge in [0.25, 0.3) is 0 Å². The number of rotatable bonds is 6. The Morgan fingerprint density at radius 1 is 1.17 bits per heavy atom. The summed E-state index contributed by atoms with van der Waals surface area (Å²) in [6.07, 6.45) is 4.27. The third-order valence-corrected chi connectivity index (χ3v) is 3.97. The fourth-order valence-electron chi connectivity index (χ4n) is 2.01. The van der Waals surface area contributed by atoms with Crippen molar-refractivity contribution in [3.8, 4) is 0 Å². The van der Waals surface area contributed by atoms with Crippen molar-refractivity contribution >= 4 is 11.3 Å². The molecule has 4 heteroatoms. The van der Waals surface area contributed by atoms with Crippen LogP contribution in [0.15, 0.2) is 11.4 Å². The van der Waals surface area contributed by atoms with Crippen molar-refractivity contribution in [3.63, 3.8) is 0 Å². The fourth-order valence-corrected chi connectivity index (χ4v) is 2.90. The molecule has 0 aliphatic heterocycles. The highest BCUT2D eigenvalue weighted by Crippen LogP contribution is 2.14. The molecular weight excluding hydrogens is 242 g/mol. The highest BCUT2D eigenvalue weighted by atomic mass is 32.1. The SMILES string of the molecule is CCCc1nc(Cn2nc(CC)cc2CC)cs1. The Kier molecular flexibility index (Phi) is 4.53. The molecule has 0 bridgehead atoms. The van der Waals surface area contributed by atoms with Gasteiger partial charge in [-0.25, -0.2) is 4.98 Å². The lowest BCUT2D eigenvalue weighted by Gasteiger charge is -2.02.